The summed E-state index contributed by atoms with van der Waals surface area (Å²) in [5.74, 6) is 0.0469. The van der Waals surface area contributed by atoms with Gasteiger partial charge in [0.05, 0.1) is 6.42 Å². The minimum absolute atomic E-state index is 0.0469. The highest BCUT2D eigenvalue weighted by Crippen LogP contribution is 2.13. The molecule has 1 aliphatic rings. The normalized spacial score (nSPS) is 19.0. The zero-order valence-electron chi connectivity index (χ0n) is 10.1. The van der Waals surface area contributed by atoms with E-state index < -0.39 is 0 Å². The lowest BCUT2D eigenvalue weighted by molar-refractivity contribution is -0.119. The first-order chi connectivity index (χ1) is 8.28. The molecule has 0 spiro atoms. The van der Waals surface area contributed by atoms with Gasteiger partial charge in [0.15, 0.2) is 0 Å². The maximum Gasteiger partial charge on any atom is 0.224 e. The average Bonchev–Trinajstić information content (AvgIpc) is 2.84. The zero-order valence-corrected chi connectivity index (χ0v) is 10.1. The van der Waals surface area contributed by atoms with Crippen LogP contribution in [-0.2, 0) is 11.2 Å². The van der Waals surface area contributed by atoms with E-state index in [9.17, 15) is 4.79 Å². The van der Waals surface area contributed by atoms with Crippen molar-refractivity contribution in [3.05, 3.63) is 29.8 Å². The van der Waals surface area contributed by atoms with Crippen LogP contribution in [0.5, 0.6) is 0 Å². The van der Waals surface area contributed by atoms with E-state index in [0.29, 0.717) is 12.5 Å². The van der Waals surface area contributed by atoms with Gasteiger partial charge in [0.25, 0.3) is 0 Å². The van der Waals surface area contributed by atoms with Gasteiger partial charge in [-0.25, -0.2) is 0 Å². The second-order valence-electron chi connectivity index (χ2n) is 4.38. The second kappa shape index (κ2) is 5.68. The van der Waals surface area contributed by atoms with E-state index in [1.54, 1.807) is 7.05 Å². The average molecular weight is 233 g/mol. The molecular weight excluding hydrogens is 214 g/mol. The Morgan fingerprint density at radius 1 is 1.41 bits per heavy atom. The zero-order chi connectivity index (χ0) is 12.1. The molecule has 3 N–H and O–H groups in total. The van der Waals surface area contributed by atoms with Crippen LogP contribution in [-0.4, -0.2) is 32.1 Å². The first-order valence-corrected chi connectivity index (χ1v) is 6.04. The van der Waals surface area contributed by atoms with Gasteiger partial charge in [0.2, 0.25) is 5.91 Å². The van der Waals surface area contributed by atoms with Crippen molar-refractivity contribution in [2.45, 2.75) is 18.9 Å². The fourth-order valence-electron chi connectivity index (χ4n) is 2.01. The molecule has 92 valence electrons. The van der Waals surface area contributed by atoms with E-state index in [1.807, 2.05) is 24.3 Å². The summed E-state index contributed by atoms with van der Waals surface area (Å²) in [7, 11) is 1.66. The van der Waals surface area contributed by atoms with E-state index >= 15 is 0 Å². The van der Waals surface area contributed by atoms with Crippen LogP contribution >= 0.6 is 0 Å². The maximum absolute atomic E-state index is 11.2. The van der Waals surface area contributed by atoms with Crippen molar-refractivity contribution < 1.29 is 4.79 Å². The van der Waals surface area contributed by atoms with Gasteiger partial charge in [0.1, 0.15) is 0 Å². The number of hydrogen-bond acceptors (Lipinski definition) is 3. The van der Waals surface area contributed by atoms with E-state index in [1.165, 1.54) is 6.42 Å². The molecule has 1 aliphatic heterocycles. The van der Waals surface area contributed by atoms with Crippen LogP contribution in [0.3, 0.4) is 0 Å². The van der Waals surface area contributed by atoms with Crippen molar-refractivity contribution in [3.63, 3.8) is 0 Å². The van der Waals surface area contributed by atoms with Crippen molar-refractivity contribution in [1.82, 2.24) is 10.6 Å². The van der Waals surface area contributed by atoms with E-state index in [0.717, 1.165) is 24.3 Å². The molecule has 17 heavy (non-hydrogen) atoms. The Labute approximate surface area is 102 Å². The molecule has 0 radical (unpaired) electrons. The van der Waals surface area contributed by atoms with Crippen LogP contribution in [0.2, 0.25) is 0 Å². The lowest BCUT2D eigenvalue weighted by atomic mass is 10.1. The minimum Gasteiger partial charge on any atom is -0.381 e. The van der Waals surface area contributed by atoms with Crippen LogP contribution in [0.25, 0.3) is 0 Å². The second-order valence-corrected chi connectivity index (χ2v) is 4.38. The highest BCUT2D eigenvalue weighted by molar-refractivity contribution is 5.78. The van der Waals surface area contributed by atoms with Crippen molar-refractivity contribution in [2.24, 2.45) is 0 Å². The Balaban J connectivity index is 1.90. The molecule has 0 saturated carbocycles. The highest BCUT2D eigenvalue weighted by Gasteiger charge is 2.13. The van der Waals surface area contributed by atoms with Gasteiger partial charge in [-0.1, -0.05) is 12.1 Å². The number of carbonyl (C=O) groups is 1. The summed E-state index contributed by atoms with van der Waals surface area (Å²) in [5, 5.41) is 9.42. The summed E-state index contributed by atoms with van der Waals surface area (Å²) in [6, 6.07) is 8.60. The standard InChI is InChI=1S/C13H19N3O/c1-14-13(17)8-10-2-4-11(5-3-10)16-12-6-7-15-9-12/h2-5,12,15-16H,6-9H2,1H3,(H,14,17). The summed E-state index contributed by atoms with van der Waals surface area (Å²) in [6.45, 7) is 2.12. The third-order valence-corrected chi connectivity index (χ3v) is 3.03. The third-order valence-electron chi connectivity index (χ3n) is 3.03. The van der Waals surface area contributed by atoms with Crippen molar-refractivity contribution in [1.29, 1.82) is 0 Å². The van der Waals surface area contributed by atoms with Gasteiger partial charge in [-0.3, -0.25) is 4.79 Å². The molecule has 1 aromatic rings. The molecule has 4 nitrogen and oxygen atoms in total. The Bertz CT molecular complexity index is 369. The van der Waals surface area contributed by atoms with E-state index in [2.05, 4.69) is 16.0 Å². The number of carbonyl (C=O) groups excluding carboxylic acids is 1. The first kappa shape index (κ1) is 11.9. The molecule has 0 aliphatic carbocycles. The van der Waals surface area contributed by atoms with Gasteiger partial charge in [-0.05, 0) is 30.7 Å². The molecule has 1 fully saturated rings. The van der Waals surface area contributed by atoms with Gasteiger partial charge in [-0.2, -0.15) is 0 Å². The smallest absolute Gasteiger partial charge is 0.224 e. The molecule has 1 aromatic carbocycles. The van der Waals surface area contributed by atoms with E-state index in [4.69, 9.17) is 0 Å². The maximum atomic E-state index is 11.2. The molecular formula is C13H19N3O. The highest BCUT2D eigenvalue weighted by atomic mass is 16.1. The number of benzene rings is 1. The van der Waals surface area contributed by atoms with Crippen LogP contribution in [0.15, 0.2) is 24.3 Å². The SMILES string of the molecule is CNC(=O)Cc1ccc(NC2CCNC2)cc1. The Hall–Kier alpha value is -1.55. The van der Waals surface area contributed by atoms with Gasteiger partial charge >= 0.3 is 0 Å². The van der Waals surface area contributed by atoms with Crippen LogP contribution in [0.1, 0.15) is 12.0 Å². The molecule has 1 amide bonds. The van der Waals surface area contributed by atoms with Crippen molar-refractivity contribution >= 4 is 11.6 Å². The molecule has 0 bridgehead atoms. The number of rotatable bonds is 4. The predicted molar refractivity (Wildman–Crippen MR) is 69.1 cm³/mol. The largest absolute Gasteiger partial charge is 0.381 e. The van der Waals surface area contributed by atoms with Gasteiger partial charge in [0, 0.05) is 25.3 Å². The van der Waals surface area contributed by atoms with Gasteiger partial charge in [-0.15, -0.1) is 0 Å². The third kappa shape index (κ3) is 3.46. The molecule has 0 aromatic heterocycles. The number of likely N-dealkylation sites (N-methyl/N-ethyl adjacent to an activating group) is 1. The van der Waals surface area contributed by atoms with Crippen LogP contribution in [0.4, 0.5) is 5.69 Å². The summed E-state index contributed by atoms with van der Waals surface area (Å²) >= 11 is 0. The molecule has 4 heteroatoms. The summed E-state index contributed by atoms with van der Waals surface area (Å²) in [4.78, 5) is 11.2. The Kier molecular flexibility index (Phi) is 3.98. The van der Waals surface area contributed by atoms with Crippen molar-refractivity contribution in [3.8, 4) is 0 Å². The quantitative estimate of drug-likeness (QED) is 0.719. The number of anilines is 1. The molecule has 1 unspecified atom stereocenters. The molecule has 2 rings (SSSR count). The Morgan fingerprint density at radius 3 is 2.76 bits per heavy atom. The van der Waals surface area contributed by atoms with Crippen molar-refractivity contribution in [2.75, 3.05) is 25.5 Å². The lowest BCUT2D eigenvalue weighted by Crippen LogP contribution is -2.22. The fourth-order valence-corrected chi connectivity index (χ4v) is 2.01. The monoisotopic (exact) mass is 233 g/mol. The predicted octanol–water partition coefficient (Wildman–Crippen LogP) is 0.749. The molecule has 1 atom stereocenters. The van der Waals surface area contributed by atoms with E-state index in [-0.39, 0.29) is 5.91 Å². The minimum atomic E-state index is 0.0469. The summed E-state index contributed by atoms with van der Waals surface area (Å²) < 4.78 is 0. The number of hydrogen-bond donors (Lipinski definition) is 3. The topological polar surface area (TPSA) is 53.2 Å². The summed E-state index contributed by atoms with van der Waals surface area (Å²) in [5.41, 5.74) is 2.17. The first-order valence-electron chi connectivity index (χ1n) is 6.04. The molecule has 1 saturated heterocycles. The van der Waals surface area contributed by atoms with Crippen LogP contribution in [0, 0.1) is 0 Å². The Morgan fingerprint density at radius 2 is 2.18 bits per heavy atom. The number of amides is 1. The molecule has 1 heterocycles. The van der Waals surface area contributed by atoms with Crippen LogP contribution < -0.4 is 16.0 Å². The number of nitrogens with one attached hydrogen (secondary N) is 3. The van der Waals surface area contributed by atoms with Gasteiger partial charge < -0.3 is 16.0 Å². The lowest BCUT2D eigenvalue weighted by Gasteiger charge is -2.13. The fraction of sp³-hybridized carbons (Fsp3) is 0.462. The summed E-state index contributed by atoms with van der Waals surface area (Å²) in [6.07, 6.45) is 1.61.